The maximum absolute atomic E-state index is 8.93. The SMILES string of the molecule is Cc1ccc(COc2ccc3ccccc3c2C=NO)cc1. The number of ether oxygens (including phenoxy) is 1. The first-order chi connectivity index (χ1) is 10.8. The van der Waals surface area contributed by atoms with E-state index < -0.39 is 0 Å². The smallest absolute Gasteiger partial charge is 0.129 e. The fraction of sp³-hybridized carbons (Fsp3) is 0.105. The highest BCUT2D eigenvalue weighted by Crippen LogP contribution is 2.27. The van der Waals surface area contributed by atoms with Crippen molar-refractivity contribution in [3.05, 3.63) is 77.4 Å². The second kappa shape index (κ2) is 6.31. The van der Waals surface area contributed by atoms with Gasteiger partial charge in [-0.05, 0) is 29.3 Å². The van der Waals surface area contributed by atoms with Gasteiger partial charge in [-0.15, -0.1) is 0 Å². The molecule has 0 amide bonds. The van der Waals surface area contributed by atoms with Gasteiger partial charge in [-0.25, -0.2) is 0 Å². The van der Waals surface area contributed by atoms with Gasteiger partial charge in [0.05, 0.1) is 6.21 Å². The summed E-state index contributed by atoms with van der Waals surface area (Å²) in [7, 11) is 0. The first kappa shape index (κ1) is 14.1. The van der Waals surface area contributed by atoms with Crippen LogP contribution in [0.2, 0.25) is 0 Å². The van der Waals surface area contributed by atoms with Crippen molar-refractivity contribution in [2.75, 3.05) is 0 Å². The summed E-state index contributed by atoms with van der Waals surface area (Å²) in [5, 5.41) is 14.2. The van der Waals surface area contributed by atoms with Gasteiger partial charge < -0.3 is 9.94 Å². The Morgan fingerprint density at radius 2 is 1.77 bits per heavy atom. The molecular formula is C19H17NO2. The Balaban J connectivity index is 1.92. The van der Waals surface area contributed by atoms with Crippen molar-refractivity contribution in [3.63, 3.8) is 0 Å². The molecule has 0 aliphatic carbocycles. The lowest BCUT2D eigenvalue weighted by Crippen LogP contribution is -1.99. The zero-order valence-electron chi connectivity index (χ0n) is 12.4. The number of nitrogens with zero attached hydrogens (tertiary/aromatic N) is 1. The molecule has 22 heavy (non-hydrogen) atoms. The monoisotopic (exact) mass is 291 g/mol. The average Bonchev–Trinajstić information content (AvgIpc) is 2.56. The predicted octanol–water partition coefficient (Wildman–Crippen LogP) is 4.54. The van der Waals surface area contributed by atoms with Crippen molar-refractivity contribution in [1.29, 1.82) is 0 Å². The standard InChI is InChI=1S/C19H17NO2/c1-14-6-8-15(9-7-14)13-22-19-11-10-16-4-2-3-5-17(16)18(19)12-20-21/h2-12,21H,13H2,1H3. The molecule has 0 atom stereocenters. The van der Waals surface area contributed by atoms with Crippen LogP contribution in [0.1, 0.15) is 16.7 Å². The second-order valence-corrected chi connectivity index (χ2v) is 5.22. The highest BCUT2D eigenvalue weighted by molar-refractivity contribution is 6.02. The van der Waals surface area contributed by atoms with E-state index in [1.54, 1.807) is 0 Å². The molecule has 3 aromatic rings. The van der Waals surface area contributed by atoms with E-state index >= 15 is 0 Å². The third-order valence-electron chi connectivity index (χ3n) is 3.63. The molecule has 1 N–H and O–H groups in total. The summed E-state index contributed by atoms with van der Waals surface area (Å²) in [5.74, 6) is 0.706. The minimum atomic E-state index is 0.477. The van der Waals surface area contributed by atoms with Gasteiger partial charge in [0.2, 0.25) is 0 Å². The van der Waals surface area contributed by atoms with E-state index in [0.717, 1.165) is 21.9 Å². The molecule has 0 saturated heterocycles. The van der Waals surface area contributed by atoms with E-state index in [4.69, 9.17) is 9.94 Å². The van der Waals surface area contributed by atoms with Crippen LogP contribution in [0, 0.1) is 6.92 Å². The number of benzene rings is 3. The molecular weight excluding hydrogens is 274 g/mol. The molecule has 0 spiro atoms. The number of oxime groups is 1. The van der Waals surface area contributed by atoms with Crippen LogP contribution in [0.4, 0.5) is 0 Å². The van der Waals surface area contributed by atoms with Gasteiger partial charge in [0.25, 0.3) is 0 Å². The van der Waals surface area contributed by atoms with E-state index in [9.17, 15) is 0 Å². The molecule has 0 saturated carbocycles. The predicted molar refractivity (Wildman–Crippen MR) is 88.8 cm³/mol. The van der Waals surface area contributed by atoms with Crippen molar-refractivity contribution >= 4 is 17.0 Å². The van der Waals surface area contributed by atoms with E-state index in [2.05, 4.69) is 36.3 Å². The van der Waals surface area contributed by atoms with E-state index in [1.165, 1.54) is 11.8 Å². The van der Waals surface area contributed by atoms with Gasteiger partial charge in [0.15, 0.2) is 0 Å². The molecule has 0 aliphatic heterocycles. The van der Waals surface area contributed by atoms with Crippen molar-refractivity contribution in [3.8, 4) is 5.75 Å². The van der Waals surface area contributed by atoms with Gasteiger partial charge in [0.1, 0.15) is 12.4 Å². The van der Waals surface area contributed by atoms with Crippen LogP contribution in [0.15, 0.2) is 65.8 Å². The summed E-state index contributed by atoms with van der Waals surface area (Å²) >= 11 is 0. The van der Waals surface area contributed by atoms with Crippen LogP contribution in [0.25, 0.3) is 10.8 Å². The molecule has 0 aliphatic rings. The lowest BCUT2D eigenvalue weighted by atomic mass is 10.0. The average molecular weight is 291 g/mol. The Morgan fingerprint density at radius 3 is 2.55 bits per heavy atom. The topological polar surface area (TPSA) is 41.8 Å². The van der Waals surface area contributed by atoms with Crippen molar-refractivity contribution in [2.45, 2.75) is 13.5 Å². The molecule has 0 fully saturated rings. The largest absolute Gasteiger partial charge is 0.488 e. The Kier molecular flexibility index (Phi) is 4.05. The molecule has 0 aromatic heterocycles. The summed E-state index contributed by atoms with van der Waals surface area (Å²) in [5.41, 5.74) is 3.11. The number of aryl methyl sites for hydroxylation is 1. The molecule has 0 heterocycles. The van der Waals surface area contributed by atoms with E-state index in [0.29, 0.717) is 12.4 Å². The van der Waals surface area contributed by atoms with E-state index in [1.807, 2.05) is 36.4 Å². The van der Waals surface area contributed by atoms with Gasteiger partial charge in [-0.3, -0.25) is 0 Å². The lowest BCUT2D eigenvalue weighted by molar-refractivity contribution is 0.304. The lowest BCUT2D eigenvalue weighted by Gasteiger charge is -2.11. The van der Waals surface area contributed by atoms with Gasteiger partial charge in [0, 0.05) is 5.56 Å². The van der Waals surface area contributed by atoms with Crippen molar-refractivity contribution in [2.24, 2.45) is 5.16 Å². The summed E-state index contributed by atoms with van der Waals surface area (Å²) in [4.78, 5) is 0. The van der Waals surface area contributed by atoms with Crippen LogP contribution in [0.3, 0.4) is 0 Å². The van der Waals surface area contributed by atoms with Gasteiger partial charge in [-0.1, -0.05) is 65.3 Å². The first-order valence-corrected chi connectivity index (χ1v) is 7.15. The fourth-order valence-corrected chi connectivity index (χ4v) is 2.44. The highest BCUT2D eigenvalue weighted by Gasteiger charge is 2.07. The summed E-state index contributed by atoms with van der Waals surface area (Å²) in [6.07, 6.45) is 1.42. The van der Waals surface area contributed by atoms with Crippen molar-refractivity contribution in [1.82, 2.24) is 0 Å². The van der Waals surface area contributed by atoms with Crippen LogP contribution < -0.4 is 4.74 Å². The normalized spacial score (nSPS) is 11.1. The Morgan fingerprint density at radius 1 is 1.00 bits per heavy atom. The Bertz CT molecular complexity index is 807. The van der Waals surface area contributed by atoms with Crippen LogP contribution in [-0.4, -0.2) is 11.4 Å². The molecule has 3 nitrogen and oxygen atoms in total. The minimum Gasteiger partial charge on any atom is -0.488 e. The molecule has 3 rings (SSSR count). The molecule has 0 bridgehead atoms. The number of hydrogen-bond acceptors (Lipinski definition) is 3. The first-order valence-electron chi connectivity index (χ1n) is 7.15. The Hall–Kier alpha value is -2.81. The van der Waals surface area contributed by atoms with Crippen LogP contribution in [0.5, 0.6) is 5.75 Å². The molecule has 3 heteroatoms. The third-order valence-corrected chi connectivity index (χ3v) is 3.63. The molecule has 0 unspecified atom stereocenters. The maximum Gasteiger partial charge on any atom is 0.129 e. The maximum atomic E-state index is 8.93. The van der Waals surface area contributed by atoms with Gasteiger partial charge in [-0.2, -0.15) is 0 Å². The minimum absolute atomic E-state index is 0.477. The van der Waals surface area contributed by atoms with Crippen LogP contribution >= 0.6 is 0 Å². The quantitative estimate of drug-likeness (QED) is 0.436. The molecule has 110 valence electrons. The number of rotatable bonds is 4. The summed E-state index contributed by atoms with van der Waals surface area (Å²) in [6, 6.07) is 20.1. The van der Waals surface area contributed by atoms with Crippen LogP contribution in [-0.2, 0) is 6.61 Å². The zero-order valence-corrected chi connectivity index (χ0v) is 12.4. The number of hydrogen-bond donors (Lipinski definition) is 1. The Labute approximate surface area is 129 Å². The van der Waals surface area contributed by atoms with Gasteiger partial charge >= 0.3 is 0 Å². The molecule has 3 aromatic carbocycles. The fourth-order valence-electron chi connectivity index (χ4n) is 2.44. The summed E-state index contributed by atoms with van der Waals surface area (Å²) < 4.78 is 5.92. The molecule has 0 radical (unpaired) electrons. The van der Waals surface area contributed by atoms with E-state index in [-0.39, 0.29) is 0 Å². The second-order valence-electron chi connectivity index (χ2n) is 5.22. The highest BCUT2D eigenvalue weighted by atomic mass is 16.5. The zero-order chi connectivity index (χ0) is 15.4. The number of fused-ring (bicyclic) bond motifs is 1. The van der Waals surface area contributed by atoms with Crippen molar-refractivity contribution < 1.29 is 9.94 Å². The third kappa shape index (κ3) is 2.93. The summed E-state index contributed by atoms with van der Waals surface area (Å²) in [6.45, 7) is 2.54.